The minimum Gasteiger partial charge on any atom is -0.381 e. The van der Waals surface area contributed by atoms with Gasteiger partial charge in [0.25, 0.3) is 0 Å². The van der Waals surface area contributed by atoms with Gasteiger partial charge in [0.1, 0.15) is 24.0 Å². The molecule has 0 unspecified atom stereocenters. The predicted octanol–water partition coefficient (Wildman–Crippen LogP) is 3.05. The number of nitrogens with zero attached hydrogens (tertiary/aromatic N) is 3. The zero-order valence-electron chi connectivity index (χ0n) is 10.9. The molecule has 0 aliphatic carbocycles. The number of halogens is 1. The van der Waals surface area contributed by atoms with Crippen molar-refractivity contribution >= 4 is 5.69 Å². The lowest BCUT2D eigenvalue weighted by molar-refractivity contribution is 0.623. The third-order valence-corrected chi connectivity index (χ3v) is 2.91. The fourth-order valence-electron chi connectivity index (χ4n) is 1.82. The summed E-state index contributed by atoms with van der Waals surface area (Å²) in [4.78, 5) is 0. The number of nitrogens with one attached hydrogen (secondary N) is 1. The number of hydrogen-bond acceptors (Lipinski definition) is 4. The smallest absolute Gasteiger partial charge is 0.140 e. The number of nitriles is 3. The highest BCUT2D eigenvalue weighted by molar-refractivity contribution is 5.56. The Morgan fingerprint density at radius 1 is 0.857 bits per heavy atom. The van der Waals surface area contributed by atoms with Gasteiger partial charge in [-0.15, -0.1) is 0 Å². The van der Waals surface area contributed by atoms with Gasteiger partial charge in [0.05, 0.1) is 16.7 Å². The van der Waals surface area contributed by atoms with Crippen molar-refractivity contribution in [3.8, 4) is 18.2 Å². The Kier molecular flexibility index (Phi) is 4.14. The SMILES string of the molecule is N#Cc1cc(CNc2ccc(C#N)c(C#N)c2)ccc1F. The van der Waals surface area contributed by atoms with E-state index in [0.717, 1.165) is 5.56 Å². The standard InChI is InChI=1S/C16H9FN4/c17-16-4-1-11(5-14(16)9-20)10-21-15-3-2-12(7-18)13(6-15)8-19/h1-6,21H,10H2. The molecule has 0 fully saturated rings. The molecular weight excluding hydrogens is 267 g/mol. The van der Waals surface area contributed by atoms with Gasteiger partial charge in [-0.1, -0.05) is 6.07 Å². The Balaban J connectivity index is 2.16. The summed E-state index contributed by atoms with van der Waals surface area (Å²) in [5, 5.41) is 29.6. The van der Waals surface area contributed by atoms with Crippen LogP contribution in [0.4, 0.5) is 10.1 Å². The molecule has 2 rings (SSSR count). The molecule has 0 aromatic heterocycles. The molecule has 4 nitrogen and oxygen atoms in total. The van der Waals surface area contributed by atoms with E-state index >= 15 is 0 Å². The zero-order chi connectivity index (χ0) is 15.2. The second-order valence-electron chi connectivity index (χ2n) is 4.26. The monoisotopic (exact) mass is 276 g/mol. The number of benzene rings is 2. The van der Waals surface area contributed by atoms with Crippen molar-refractivity contribution in [2.24, 2.45) is 0 Å². The van der Waals surface area contributed by atoms with Gasteiger partial charge in [0.15, 0.2) is 0 Å². The van der Waals surface area contributed by atoms with Crippen molar-refractivity contribution in [3.05, 3.63) is 64.5 Å². The summed E-state index contributed by atoms with van der Waals surface area (Å²) in [6, 6.07) is 14.8. The summed E-state index contributed by atoms with van der Waals surface area (Å²) in [6.07, 6.45) is 0. The molecule has 2 aromatic rings. The van der Waals surface area contributed by atoms with Gasteiger partial charge in [-0.05, 0) is 35.9 Å². The van der Waals surface area contributed by atoms with Gasteiger partial charge in [0.2, 0.25) is 0 Å². The van der Waals surface area contributed by atoms with Crippen molar-refractivity contribution in [3.63, 3.8) is 0 Å². The summed E-state index contributed by atoms with van der Waals surface area (Å²) in [6.45, 7) is 0.381. The van der Waals surface area contributed by atoms with Crippen LogP contribution in [0.2, 0.25) is 0 Å². The third kappa shape index (κ3) is 3.15. The average molecular weight is 276 g/mol. The van der Waals surface area contributed by atoms with Crippen LogP contribution in [-0.4, -0.2) is 0 Å². The summed E-state index contributed by atoms with van der Waals surface area (Å²) < 4.78 is 13.2. The summed E-state index contributed by atoms with van der Waals surface area (Å²) in [7, 11) is 0. The summed E-state index contributed by atoms with van der Waals surface area (Å²) in [5.74, 6) is -0.550. The molecule has 0 saturated carbocycles. The highest BCUT2D eigenvalue weighted by Gasteiger charge is 2.05. The maximum absolute atomic E-state index is 13.2. The van der Waals surface area contributed by atoms with E-state index < -0.39 is 5.82 Å². The van der Waals surface area contributed by atoms with Crippen molar-refractivity contribution in [1.29, 1.82) is 15.8 Å². The van der Waals surface area contributed by atoms with Crippen LogP contribution in [0.15, 0.2) is 36.4 Å². The average Bonchev–Trinajstić information content (AvgIpc) is 2.53. The molecule has 0 radical (unpaired) electrons. The lowest BCUT2D eigenvalue weighted by Crippen LogP contribution is -2.01. The topological polar surface area (TPSA) is 83.4 Å². The van der Waals surface area contributed by atoms with E-state index in [1.54, 1.807) is 30.3 Å². The molecule has 0 saturated heterocycles. The van der Waals surface area contributed by atoms with Gasteiger partial charge in [0, 0.05) is 12.2 Å². The van der Waals surface area contributed by atoms with Crippen LogP contribution in [0.3, 0.4) is 0 Å². The van der Waals surface area contributed by atoms with Gasteiger partial charge >= 0.3 is 0 Å². The molecule has 0 heterocycles. The van der Waals surface area contributed by atoms with E-state index in [-0.39, 0.29) is 5.56 Å². The van der Waals surface area contributed by atoms with Crippen molar-refractivity contribution in [2.45, 2.75) is 6.54 Å². The van der Waals surface area contributed by atoms with Crippen LogP contribution < -0.4 is 5.32 Å². The van der Waals surface area contributed by atoms with E-state index in [2.05, 4.69) is 5.32 Å². The number of rotatable bonds is 3. The van der Waals surface area contributed by atoms with Gasteiger partial charge < -0.3 is 5.32 Å². The molecule has 5 heteroatoms. The van der Waals surface area contributed by atoms with E-state index in [1.165, 1.54) is 12.1 Å². The zero-order valence-corrected chi connectivity index (χ0v) is 10.9. The molecular formula is C16H9FN4. The molecule has 0 atom stereocenters. The molecule has 0 bridgehead atoms. The molecule has 0 spiro atoms. The second-order valence-corrected chi connectivity index (χ2v) is 4.26. The minimum atomic E-state index is -0.550. The highest BCUT2D eigenvalue weighted by atomic mass is 19.1. The minimum absolute atomic E-state index is 0.00755. The van der Waals surface area contributed by atoms with Crippen LogP contribution in [-0.2, 0) is 6.54 Å². The fourth-order valence-corrected chi connectivity index (χ4v) is 1.82. The third-order valence-electron chi connectivity index (χ3n) is 2.91. The number of hydrogen-bond donors (Lipinski definition) is 1. The lowest BCUT2D eigenvalue weighted by Gasteiger charge is -2.08. The predicted molar refractivity (Wildman–Crippen MR) is 74.3 cm³/mol. The first-order valence-corrected chi connectivity index (χ1v) is 6.04. The Labute approximate surface area is 121 Å². The second kappa shape index (κ2) is 6.19. The van der Waals surface area contributed by atoms with Crippen molar-refractivity contribution in [2.75, 3.05) is 5.32 Å². The van der Waals surface area contributed by atoms with Crippen LogP contribution in [0, 0.1) is 39.8 Å². The lowest BCUT2D eigenvalue weighted by atomic mass is 10.1. The van der Waals surface area contributed by atoms with Crippen molar-refractivity contribution < 1.29 is 4.39 Å². The van der Waals surface area contributed by atoms with Gasteiger partial charge in [-0.25, -0.2) is 4.39 Å². The molecule has 0 aliphatic rings. The van der Waals surface area contributed by atoms with Crippen LogP contribution in [0.1, 0.15) is 22.3 Å². The molecule has 100 valence electrons. The quantitative estimate of drug-likeness (QED) is 0.933. The Hall–Kier alpha value is -3.36. The van der Waals surface area contributed by atoms with Crippen LogP contribution in [0.25, 0.3) is 0 Å². The van der Waals surface area contributed by atoms with E-state index in [4.69, 9.17) is 15.8 Å². The Morgan fingerprint density at radius 2 is 1.57 bits per heavy atom. The largest absolute Gasteiger partial charge is 0.381 e. The maximum Gasteiger partial charge on any atom is 0.140 e. The first-order valence-electron chi connectivity index (χ1n) is 6.04. The summed E-state index contributed by atoms with van der Waals surface area (Å²) in [5.41, 5.74) is 2.02. The summed E-state index contributed by atoms with van der Waals surface area (Å²) >= 11 is 0. The molecule has 1 N–H and O–H groups in total. The molecule has 2 aromatic carbocycles. The number of anilines is 1. The normalized spacial score (nSPS) is 9.24. The van der Waals surface area contributed by atoms with Crippen LogP contribution >= 0.6 is 0 Å². The molecule has 0 amide bonds. The van der Waals surface area contributed by atoms with E-state index in [9.17, 15) is 4.39 Å². The van der Waals surface area contributed by atoms with Gasteiger partial charge in [-0.2, -0.15) is 15.8 Å². The Bertz CT molecular complexity index is 806. The van der Waals surface area contributed by atoms with Gasteiger partial charge in [-0.3, -0.25) is 0 Å². The van der Waals surface area contributed by atoms with E-state index in [0.29, 0.717) is 23.4 Å². The first-order chi connectivity index (χ1) is 10.2. The maximum atomic E-state index is 13.2. The Morgan fingerprint density at radius 3 is 2.24 bits per heavy atom. The van der Waals surface area contributed by atoms with E-state index in [1.807, 2.05) is 12.1 Å². The first kappa shape index (κ1) is 14.1. The molecule has 0 aliphatic heterocycles. The van der Waals surface area contributed by atoms with Crippen LogP contribution in [0.5, 0.6) is 0 Å². The van der Waals surface area contributed by atoms with Crippen molar-refractivity contribution in [1.82, 2.24) is 0 Å². The highest BCUT2D eigenvalue weighted by Crippen LogP contribution is 2.16. The molecule has 21 heavy (non-hydrogen) atoms. The fraction of sp³-hybridized carbons (Fsp3) is 0.0625.